The quantitative estimate of drug-likeness (QED) is 0.470. The maximum Gasteiger partial charge on any atom is 0.333 e. The summed E-state index contributed by atoms with van der Waals surface area (Å²) in [6.07, 6.45) is 1.42. The third-order valence-electron chi connectivity index (χ3n) is 3.50. The van der Waals surface area contributed by atoms with Gasteiger partial charge in [0, 0.05) is 6.54 Å². The number of nitro benzene ring substituents is 1. The van der Waals surface area contributed by atoms with E-state index < -0.39 is 11.0 Å². The number of carbonyl (C=O) groups excluding carboxylic acids is 1. The van der Waals surface area contributed by atoms with Crippen LogP contribution >= 0.6 is 0 Å². The molecule has 1 unspecified atom stereocenters. The van der Waals surface area contributed by atoms with Gasteiger partial charge in [-0.2, -0.15) is 0 Å². The molecule has 0 bridgehead atoms. The molecule has 1 atom stereocenters. The van der Waals surface area contributed by atoms with E-state index in [0.29, 0.717) is 25.3 Å². The Morgan fingerprint density at radius 1 is 1.52 bits per heavy atom. The number of nitrogens with zero attached hydrogens (tertiary/aromatic N) is 2. The summed E-state index contributed by atoms with van der Waals surface area (Å²) in [6.45, 7) is 2.68. The van der Waals surface area contributed by atoms with E-state index in [1.807, 2.05) is 0 Å². The lowest BCUT2D eigenvalue weighted by molar-refractivity contribution is -0.385. The number of hydrogen-bond acceptors (Lipinski definition) is 6. The molecular weight excluding hydrogens is 276 g/mol. The Hall–Kier alpha value is -2.31. The van der Waals surface area contributed by atoms with Gasteiger partial charge in [-0.15, -0.1) is 0 Å². The van der Waals surface area contributed by atoms with Gasteiger partial charge in [-0.3, -0.25) is 10.1 Å². The number of esters is 1. The monoisotopic (exact) mass is 294 g/mol. The van der Waals surface area contributed by atoms with E-state index in [1.165, 1.54) is 7.11 Å². The first-order valence-corrected chi connectivity index (χ1v) is 6.84. The molecule has 21 heavy (non-hydrogen) atoms. The number of ether oxygens (including phenoxy) is 2. The largest absolute Gasteiger partial charge is 0.487 e. The van der Waals surface area contributed by atoms with E-state index in [1.54, 1.807) is 30.0 Å². The fourth-order valence-corrected chi connectivity index (χ4v) is 2.63. The van der Waals surface area contributed by atoms with E-state index in [-0.39, 0.29) is 17.4 Å². The highest BCUT2D eigenvalue weighted by atomic mass is 16.6. The second-order valence-corrected chi connectivity index (χ2v) is 4.69. The smallest absolute Gasteiger partial charge is 0.333 e. The Labute approximate surface area is 122 Å². The van der Waals surface area contributed by atoms with Crippen LogP contribution in [0.2, 0.25) is 0 Å². The van der Waals surface area contributed by atoms with Crippen LogP contribution in [0.25, 0.3) is 0 Å². The molecule has 0 spiro atoms. The Balaban J connectivity index is 2.45. The van der Waals surface area contributed by atoms with Crippen LogP contribution in [0.4, 0.5) is 11.4 Å². The van der Waals surface area contributed by atoms with Crippen molar-refractivity contribution in [1.82, 2.24) is 0 Å². The summed E-state index contributed by atoms with van der Waals surface area (Å²) in [4.78, 5) is 24.5. The standard InChI is InChI=1S/C14H18N2O5/c1-3-21-12-8-4-6-10(13(12)16(18)19)15-9-5-7-11(15)14(17)20-2/h4,6,8,11H,3,5,7,9H2,1-2H3. The van der Waals surface area contributed by atoms with Crippen LogP contribution in [0, 0.1) is 10.1 Å². The van der Waals surface area contributed by atoms with Crippen molar-refractivity contribution in [3.63, 3.8) is 0 Å². The van der Waals surface area contributed by atoms with Gasteiger partial charge in [-0.25, -0.2) is 4.79 Å². The Kier molecular flexibility index (Phi) is 4.62. The fraction of sp³-hybridized carbons (Fsp3) is 0.500. The Bertz CT molecular complexity index is 546. The van der Waals surface area contributed by atoms with Crippen molar-refractivity contribution in [2.45, 2.75) is 25.8 Å². The van der Waals surface area contributed by atoms with Gasteiger partial charge in [0.25, 0.3) is 0 Å². The molecule has 0 N–H and O–H groups in total. The van der Waals surface area contributed by atoms with E-state index >= 15 is 0 Å². The van der Waals surface area contributed by atoms with Crippen molar-refractivity contribution in [2.75, 3.05) is 25.2 Å². The van der Waals surface area contributed by atoms with Gasteiger partial charge in [-0.05, 0) is 31.9 Å². The zero-order valence-electron chi connectivity index (χ0n) is 12.1. The molecule has 1 aromatic rings. The van der Waals surface area contributed by atoms with Crippen molar-refractivity contribution in [3.05, 3.63) is 28.3 Å². The van der Waals surface area contributed by atoms with Crippen molar-refractivity contribution in [1.29, 1.82) is 0 Å². The maximum absolute atomic E-state index is 11.8. The highest BCUT2D eigenvalue weighted by molar-refractivity contribution is 5.83. The summed E-state index contributed by atoms with van der Waals surface area (Å²) in [7, 11) is 1.32. The first-order valence-electron chi connectivity index (χ1n) is 6.84. The normalized spacial score (nSPS) is 17.6. The number of rotatable bonds is 5. The molecule has 1 saturated heterocycles. The van der Waals surface area contributed by atoms with Crippen LogP contribution in [-0.4, -0.2) is 37.2 Å². The average Bonchev–Trinajstić information content (AvgIpc) is 2.95. The van der Waals surface area contributed by atoms with Gasteiger partial charge >= 0.3 is 11.7 Å². The lowest BCUT2D eigenvalue weighted by Gasteiger charge is -2.24. The van der Waals surface area contributed by atoms with Gasteiger partial charge in [-0.1, -0.05) is 6.07 Å². The average molecular weight is 294 g/mol. The predicted molar refractivity (Wildman–Crippen MR) is 76.6 cm³/mol. The molecule has 1 fully saturated rings. The molecule has 0 aromatic heterocycles. The van der Waals surface area contributed by atoms with E-state index in [4.69, 9.17) is 9.47 Å². The molecule has 1 aliphatic rings. The third kappa shape index (κ3) is 2.91. The van der Waals surface area contributed by atoms with E-state index in [2.05, 4.69) is 0 Å². The molecule has 114 valence electrons. The summed E-state index contributed by atoms with van der Waals surface area (Å²) in [6, 6.07) is 4.42. The zero-order chi connectivity index (χ0) is 15.4. The van der Waals surface area contributed by atoms with E-state index in [9.17, 15) is 14.9 Å². The number of carbonyl (C=O) groups is 1. The van der Waals surface area contributed by atoms with Crippen LogP contribution in [0.1, 0.15) is 19.8 Å². The van der Waals surface area contributed by atoms with Crippen LogP contribution in [0.15, 0.2) is 18.2 Å². The second-order valence-electron chi connectivity index (χ2n) is 4.69. The number of nitro groups is 1. The fourth-order valence-electron chi connectivity index (χ4n) is 2.63. The number of benzene rings is 1. The van der Waals surface area contributed by atoms with Crippen molar-refractivity contribution in [3.8, 4) is 5.75 Å². The van der Waals surface area contributed by atoms with Gasteiger partial charge in [0.1, 0.15) is 11.7 Å². The first kappa shape index (κ1) is 15.1. The van der Waals surface area contributed by atoms with Gasteiger partial charge < -0.3 is 14.4 Å². The first-order chi connectivity index (χ1) is 10.1. The maximum atomic E-state index is 11.8. The highest BCUT2D eigenvalue weighted by Crippen LogP contribution is 2.40. The zero-order valence-corrected chi connectivity index (χ0v) is 12.1. The van der Waals surface area contributed by atoms with Crippen LogP contribution in [-0.2, 0) is 9.53 Å². The van der Waals surface area contributed by atoms with Crippen molar-refractivity contribution < 1.29 is 19.2 Å². The molecule has 1 aliphatic heterocycles. The van der Waals surface area contributed by atoms with Crippen LogP contribution < -0.4 is 9.64 Å². The third-order valence-corrected chi connectivity index (χ3v) is 3.50. The SMILES string of the molecule is CCOc1cccc(N2CCCC2C(=O)OC)c1[N+](=O)[O-]. The minimum atomic E-state index is -0.481. The summed E-state index contributed by atoms with van der Waals surface area (Å²) in [5.41, 5.74) is 0.300. The lowest BCUT2D eigenvalue weighted by Crippen LogP contribution is -2.37. The summed E-state index contributed by atoms with van der Waals surface area (Å²) in [5.74, 6) is -0.154. The summed E-state index contributed by atoms with van der Waals surface area (Å²) in [5, 5.41) is 11.4. The number of hydrogen-bond donors (Lipinski definition) is 0. The summed E-state index contributed by atoms with van der Waals surface area (Å²) >= 11 is 0. The van der Waals surface area contributed by atoms with Gasteiger partial charge in [0.2, 0.25) is 0 Å². The molecule has 1 aromatic carbocycles. The molecule has 7 heteroatoms. The molecule has 0 saturated carbocycles. The van der Waals surface area contributed by atoms with Gasteiger partial charge in [0.05, 0.1) is 18.6 Å². The number of methoxy groups -OCH3 is 1. The molecule has 0 radical (unpaired) electrons. The van der Waals surface area contributed by atoms with Crippen molar-refractivity contribution in [2.24, 2.45) is 0 Å². The topological polar surface area (TPSA) is 81.9 Å². The molecule has 0 aliphatic carbocycles. The molecule has 2 rings (SSSR count). The lowest BCUT2D eigenvalue weighted by atomic mass is 10.2. The summed E-state index contributed by atoms with van der Waals surface area (Å²) < 4.78 is 10.1. The second kappa shape index (κ2) is 6.43. The van der Waals surface area contributed by atoms with Crippen LogP contribution in [0.5, 0.6) is 5.75 Å². The molecule has 1 heterocycles. The van der Waals surface area contributed by atoms with Gasteiger partial charge in [0.15, 0.2) is 5.75 Å². The minimum Gasteiger partial charge on any atom is -0.487 e. The Morgan fingerprint density at radius 2 is 2.29 bits per heavy atom. The molecular formula is C14H18N2O5. The Morgan fingerprint density at radius 3 is 2.90 bits per heavy atom. The highest BCUT2D eigenvalue weighted by Gasteiger charge is 2.36. The number of anilines is 1. The molecule has 7 nitrogen and oxygen atoms in total. The minimum absolute atomic E-state index is 0.102. The van der Waals surface area contributed by atoms with Crippen molar-refractivity contribution >= 4 is 17.3 Å². The molecule has 0 amide bonds. The van der Waals surface area contributed by atoms with Crippen LogP contribution in [0.3, 0.4) is 0 Å². The predicted octanol–water partition coefficient (Wildman–Crippen LogP) is 2.14. The number of para-hydroxylation sites is 1. The van der Waals surface area contributed by atoms with E-state index in [0.717, 1.165) is 6.42 Å².